The summed E-state index contributed by atoms with van der Waals surface area (Å²) in [6, 6.07) is 8.89. The van der Waals surface area contributed by atoms with Gasteiger partial charge in [0.05, 0.1) is 7.11 Å². The molecule has 2 aromatic rings. The highest BCUT2D eigenvalue weighted by molar-refractivity contribution is 5.65. The van der Waals surface area contributed by atoms with E-state index in [4.69, 9.17) is 4.74 Å². The van der Waals surface area contributed by atoms with Crippen LogP contribution in [0.2, 0.25) is 0 Å². The molecule has 4 nitrogen and oxygen atoms in total. The third kappa shape index (κ3) is 3.78. The van der Waals surface area contributed by atoms with Crippen molar-refractivity contribution in [3.8, 4) is 11.6 Å². The maximum Gasteiger partial charge on any atom is 0.573 e. The molecule has 1 heterocycles. The average Bonchev–Trinajstić information content (AvgIpc) is 2.38. The molecule has 1 aromatic heterocycles. The van der Waals surface area contributed by atoms with Crippen molar-refractivity contribution >= 4 is 11.4 Å². The maximum absolute atomic E-state index is 12.1. The molecule has 0 radical (unpaired) electrons. The van der Waals surface area contributed by atoms with E-state index in [2.05, 4.69) is 15.0 Å². The van der Waals surface area contributed by atoms with Crippen molar-refractivity contribution in [1.82, 2.24) is 4.98 Å². The van der Waals surface area contributed by atoms with Crippen LogP contribution < -0.4 is 14.8 Å². The maximum atomic E-state index is 12.1. The molecular weight excluding hydrogens is 273 g/mol. The number of aromatic nitrogens is 1. The van der Waals surface area contributed by atoms with Gasteiger partial charge in [-0.15, -0.1) is 13.2 Å². The first-order chi connectivity index (χ1) is 9.48. The van der Waals surface area contributed by atoms with E-state index in [0.29, 0.717) is 17.3 Å². The first-order valence-corrected chi connectivity index (χ1v) is 5.60. The van der Waals surface area contributed by atoms with Gasteiger partial charge in [-0.1, -0.05) is 6.07 Å². The average molecular weight is 284 g/mol. The number of pyridine rings is 1. The van der Waals surface area contributed by atoms with Gasteiger partial charge in [-0.05, 0) is 24.3 Å². The summed E-state index contributed by atoms with van der Waals surface area (Å²) in [5, 5.41) is 2.91. The molecule has 0 fully saturated rings. The molecule has 0 spiro atoms. The van der Waals surface area contributed by atoms with Crippen LogP contribution >= 0.6 is 0 Å². The Morgan fingerprint density at radius 1 is 1.15 bits per heavy atom. The van der Waals surface area contributed by atoms with Gasteiger partial charge in [0.1, 0.15) is 11.4 Å². The molecular formula is C13H11F3N2O2. The van der Waals surface area contributed by atoms with Crippen molar-refractivity contribution in [1.29, 1.82) is 0 Å². The Kier molecular flexibility index (Phi) is 3.97. The van der Waals surface area contributed by atoms with E-state index in [9.17, 15) is 13.2 Å². The van der Waals surface area contributed by atoms with Gasteiger partial charge in [0.2, 0.25) is 5.88 Å². The van der Waals surface area contributed by atoms with Gasteiger partial charge in [0.15, 0.2) is 0 Å². The SMILES string of the molecule is COc1ncccc1Nc1cccc(OC(F)(F)F)c1. The Hall–Kier alpha value is -2.44. The number of hydrogen-bond donors (Lipinski definition) is 1. The van der Waals surface area contributed by atoms with E-state index in [0.717, 1.165) is 0 Å². The van der Waals surface area contributed by atoms with Crippen molar-refractivity contribution in [2.24, 2.45) is 0 Å². The zero-order chi connectivity index (χ0) is 14.6. The molecule has 0 unspecified atom stereocenters. The Morgan fingerprint density at radius 3 is 2.65 bits per heavy atom. The van der Waals surface area contributed by atoms with E-state index in [1.54, 1.807) is 24.4 Å². The minimum atomic E-state index is -4.72. The zero-order valence-corrected chi connectivity index (χ0v) is 10.4. The van der Waals surface area contributed by atoms with Gasteiger partial charge in [-0.3, -0.25) is 0 Å². The van der Waals surface area contributed by atoms with E-state index in [-0.39, 0.29) is 5.75 Å². The summed E-state index contributed by atoms with van der Waals surface area (Å²) >= 11 is 0. The van der Waals surface area contributed by atoms with E-state index < -0.39 is 6.36 Å². The van der Waals surface area contributed by atoms with Crippen LogP contribution in [0.1, 0.15) is 0 Å². The third-order valence-electron chi connectivity index (χ3n) is 2.31. The fraction of sp³-hybridized carbons (Fsp3) is 0.154. The molecule has 0 bridgehead atoms. The van der Waals surface area contributed by atoms with Crippen LogP contribution in [0.4, 0.5) is 24.5 Å². The predicted molar refractivity (Wildman–Crippen MR) is 67.2 cm³/mol. The Bertz CT molecular complexity index is 588. The second-order valence-corrected chi connectivity index (χ2v) is 3.76. The number of nitrogens with zero attached hydrogens (tertiary/aromatic N) is 1. The van der Waals surface area contributed by atoms with Crippen LogP contribution in [0.15, 0.2) is 42.6 Å². The molecule has 1 N–H and O–H groups in total. The van der Waals surface area contributed by atoms with Gasteiger partial charge < -0.3 is 14.8 Å². The van der Waals surface area contributed by atoms with Crippen molar-refractivity contribution in [2.75, 3.05) is 12.4 Å². The first-order valence-electron chi connectivity index (χ1n) is 5.60. The quantitative estimate of drug-likeness (QED) is 0.929. The summed E-state index contributed by atoms with van der Waals surface area (Å²) in [6.45, 7) is 0. The number of anilines is 2. The number of methoxy groups -OCH3 is 1. The smallest absolute Gasteiger partial charge is 0.480 e. The van der Waals surface area contributed by atoms with Crippen molar-refractivity contribution in [2.45, 2.75) is 6.36 Å². The molecule has 20 heavy (non-hydrogen) atoms. The summed E-state index contributed by atoms with van der Waals surface area (Å²) in [6.07, 6.45) is -3.17. The lowest BCUT2D eigenvalue weighted by molar-refractivity contribution is -0.274. The number of halogens is 3. The molecule has 0 saturated heterocycles. The summed E-state index contributed by atoms with van der Waals surface area (Å²) in [5.41, 5.74) is 0.970. The Morgan fingerprint density at radius 2 is 1.95 bits per heavy atom. The van der Waals surface area contributed by atoms with Gasteiger partial charge in [0, 0.05) is 18.0 Å². The highest BCUT2D eigenvalue weighted by Gasteiger charge is 2.31. The van der Waals surface area contributed by atoms with Crippen LogP contribution in [0.5, 0.6) is 11.6 Å². The van der Waals surface area contributed by atoms with Gasteiger partial charge in [0.25, 0.3) is 0 Å². The van der Waals surface area contributed by atoms with Crippen LogP contribution in [-0.2, 0) is 0 Å². The lowest BCUT2D eigenvalue weighted by atomic mass is 10.3. The molecule has 7 heteroatoms. The highest BCUT2D eigenvalue weighted by Crippen LogP contribution is 2.29. The topological polar surface area (TPSA) is 43.4 Å². The first kappa shape index (κ1) is 14.0. The number of benzene rings is 1. The van der Waals surface area contributed by atoms with Crippen LogP contribution in [0.3, 0.4) is 0 Å². The summed E-state index contributed by atoms with van der Waals surface area (Å²) < 4.78 is 45.3. The number of alkyl halides is 3. The van der Waals surface area contributed by atoms with Gasteiger partial charge in [-0.2, -0.15) is 0 Å². The molecule has 0 aliphatic carbocycles. The van der Waals surface area contributed by atoms with E-state index >= 15 is 0 Å². The van der Waals surface area contributed by atoms with Crippen LogP contribution in [0, 0.1) is 0 Å². The Labute approximate surface area is 113 Å². The molecule has 0 amide bonds. The largest absolute Gasteiger partial charge is 0.573 e. The summed E-state index contributed by atoms with van der Waals surface area (Å²) in [5.74, 6) is 0.0417. The molecule has 0 aliphatic rings. The number of hydrogen-bond acceptors (Lipinski definition) is 4. The summed E-state index contributed by atoms with van der Waals surface area (Å²) in [4.78, 5) is 3.98. The molecule has 1 aromatic carbocycles. The van der Waals surface area contributed by atoms with Crippen molar-refractivity contribution in [3.63, 3.8) is 0 Å². The lowest BCUT2D eigenvalue weighted by Gasteiger charge is -2.12. The minimum absolute atomic E-state index is 0.301. The number of rotatable bonds is 4. The highest BCUT2D eigenvalue weighted by atomic mass is 19.4. The number of ether oxygens (including phenoxy) is 2. The fourth-order valence-electron chi connectivity index (χ4n) is 1.58. The zero-order valence-electron chi connectivity index (χ0n) is 10.4. The van der Waals surface area contributed by atoms with Gasteiger partial charge >= 0.3 is 6.36 Å². The monoisotopic (exact) mass is 284 g/mol. The summed E-state index contributed by atoms with van der Waals surface area (Å²) in [7, 11) is 1.46. The molecule has 106 valence electrons. The normalized spacial score (nSPS) is 11.0. The molecule has 0 saturated carbocycles. The standard InChI is InChI=1S/C13H11F3N2O2/c1-19-12-11(6-3-7-17-12)18-9-4-2-5-10(8-9)20-13(14,15)16/h2-8,18H,1H3. The minimum Gasteiger partial charge on any atom is -0.480 e. The molecule has 0 aliphatic heterocycles. The Balaban J connectivity index is 2.19. The van der Waals surface area contributed by atoms with E-state index in [1.807, 2.05) is 0 Å². The number of nitrogens with one attached hydrogen (secondary N) is 1. The predicted octanol–water partition coefficient (Wildman–Crippen LogP) is 3.73. The second-order valence-electron chi connectivity index (χ2n) is 3.76. The second kappa shape index (κ2) is 5.68. The van der Waals surface area contributed by atoms with Crippen LogP contribution in [-0.4, -0.2) is 18.5 Å². The van der Waals surface area contributed by atoms with Crippen molar-refractivity contribution in [3.05, 3.63) is 42.6 Å². The third-order valence-corrected chi connectivity index (χ3v) is 2.31. The lowest BCUT2D eigenvalue weighted by Crippen LogP contribution is -2.17. The van der Waals surface area contributed by atoms with Gasteiger partial charge in [-0.25, -0.2) is 4.98 Å². The van der Waals surface area contributed by atoms with E-state index in [1.165, 1.54) is 25.3 Å². The van der Waals surface area contributed by atoms with Crippen molar-refractivity contribution < 1.29 is 22.6 Å². The molecule has 2 rings (SSSR count). The fourth-order valence-corrected chi connectivity index (χ4v) is 1.58. The van der Waals surface area contributed by atoms with Crippen LogP contribution in [0.25, 0.3) is 0 Å². The molecule has 0 atom stereocenters.